The maximum Gasteiger partial charge on any atom is 0.244 e. The minimum Gasteiger partial charge on any atom is -0.495 e. The number of allylic oxidation sites excluding steroid dienone is 1. The van der Waals surface area contributed by atoms with E-state index >= 15 is 0 Å². The Kier molecular flexibility index (Phi) is 6.60. The minimum absolute atomic E-state index is 0.0584. The first-order chi connectivity index (χ1) is 12.4. The highest BCUT2D eigenvalue weighted by molar-refractivity contribution is 7.89. The minimum atomic E-state index is -3.87. The number of hydrogen-bond donors (Lipinski definition) is 2. The molecule has 0 unspecified atom stereocenters. The van der Waals surface area contributed by atoms with E-state index in [0.717, 1.165) is 0 Å². The Morgan fingerprint density at radius 3 is 2.92 bits per heavy atom. The second-order valence-electron chi connectivity index (χ2n) is 5.89. The van der Waals surface area contributed by atoms with Crippen molar-refractivity contribution in [2.45, 2.75) is 30.2 Å². The summed E-state index contributed by atoms with van der Waals surface area (Å²) in [5.74, 6) is -0.0523. The van der Waals surface area contributed by atoms with Gasteiger partial charge in [0.25, 0.3) is 0 Å². The third-order valence-electron chi connectivity index (χ3n) is 3.96. The molecule has 140 valence electrons. The average molecular weight is 378 g/mol. The number of anilines is 1. The second kappa shape index (κ2) is 8.69. The van der Waals surface area contributed by atoms with Crippen molar-refractivity contribution in [2.75, 3.05) is 25.5 Å². The molecule has 1 atom stereocenters. The van der Waals surface area contributed by atoms with Crippen LogP contribution in [0, 0.1) is 11.5 Å². The van der Waals surface area contributed by atoms with Gasteiger partial charge in [-0.2, -0.15) is 5.26 Å². The number of rotatable bonds is 8. The third kappa shape index (κ3) is 4.97. The van der Waals surface area contributed by atoms with Crippen molar-refractivity contribution >= 4 is 21.6 Å². The van der Waals surface area contributed by atoms with E-state index in [2.05, 4.69) is 16.6 Å². The number of sulfonamides is 1. The molecule has 1 aromatic carbocycles. The first kappa shape index (κ1) is 19.8. The molecule has 1 aliphatic rings. The van der Waals surface area contributed by atoms with E-state index in [0.29, 0.717) is 31.6 Å². The van der Waals surface area contributed by atoms with E-state index in [1.807, 2.05) is 6.19 Å². The fraction of sp³-hybridized carbons (Fsp3) is 0.412. The Hall–Kier alpha value is -2.57. The van der Waals surface area contributed by atoms with Gasteiger partial charge in [0, 0.05) is 31.2 Å². The number of nitriles is 1. The van der Waals surface area contributed by atoms with Crippen LogP contribution < -0.4 is 14.8 Å². The highest BCUT2D eigenvalue weighted by Crippen LogP contribution is 2.28. The van der Waals surface area contributed by atoms with Gasteiger partial charge >= 0.3 is 0 Å². The van der Waals surface area contributed by atoms with Crippen LogP contribution in [0.2, 0.25) is 0 Å². The van der Waals surface area contributed by atoms with Gasteiger partial charge in [-0.1, -0.05) is 6.08 Å². The van der Waals surface area contributed by atoms with E-state index in [9.17, 15) is 13.2 Å². The number of nitrogens with one attached hydrogen (secondary N) is 2. The molecule has 9 heteroatoms. The summed E-state index contributed by atoms with van der Waals surface area (Å²) in [5.41, 5.74) is 0.366. The lowest BCUT2D eigenvalue weighted by molar-refractivity contribution is -0.116. The quantitative estimate of drug-likeness (QED) is 0.523. The van der Waals surface area contributed by atoms with E-state index in [-0.39, 0.29) is 29.0 Å². The predicted octanol–water partition coefficient (Wildman–Crippen LogP) is 1.43. The zero-order chi connectivity index (χ0) is 19.2. The second-order valence-corrected chi connectivity index (χ2v) is 7.58. The number of amides is 1. The summed E-state index contributed by atoms with van der Waals surface area (Å²) in [7, 11) is -2.49. The summed E-state index contributed by atoms with van der Waals surface area (Å²) in [5, 5.41) is 11.6. The molecule has 0 radical (unpaired) electrons. The summed E-state index contributed by atoms with van der Waals surface area (Å²) in [4.78, 5) is 13.3. The van der Waals surface area contributed by atoms with Crippen molar-refractivity contribution in [3.8, 4) is 11.9 Å². The summed E-state index contributed by atoms with van der Waals surface area (Å²) in [6, 6.07) is 4.09. The number of likely N-dealkylation sites (tertiary alicyclic amines) is 1. The molecule has 1 saturated heterocycles. The monoisotopic (exact) mass is 378 g/mol. The molecule has 1 fully saturated rings. The SMILES string of the molecule is C=CCCC(=O)Nc1ccc(OC)c(S(=O)(=O)N[C@@H]2CCN(C#N)C2)c1. The number of benzene rings is 1. The van der Waals surface area contributed by atoms with Gasteiger partial charge in [-0.05, 0) is 31.0 Å². The van der Waals surface area contributed by atoms with Crippen LogP contribution in [0.3, 0.4) is 0 Å². The van der Waals surface area contributed by atoms with Gasteiger partial charge in [-0.25, -0.2) is 13.1 Å². The van der Waals surface area contributed by atoms with Crippen molar-refractivity contribution < 1.29 is 17.9 Å². The highest BCUT2D eigenvalue weighted by atomic mass is 32.2. The molecule has 2 rings (SSSR count). The number of hydrogen-bond acceptors (Lipinski definition) is 6. The molecular weight excluding hydrogens is 356 g/mol. The van der Waals surface area contributed by atoms with Crippen LogP contribution in [-0.4, -0.2) is 45.5 Å². The number of nitrogens with zero attached hydrogens (tertiary/aromatic N) is 2. The Morgan fingerprint density at radius 1 is 1.54 bits per heavy atom. The number of ether oxygens (including phenoxy) is 1. The van der Waals surface area contributed by atoms with E-state index in [1.54, 1.807) is 12.1 Å². The van der Waals surface area contributed by atoms with Crippen molar-refractivity contribution in [3.05, 3.63) is 30.9 Å². The summed E-state index contributed by atoms with van der Waals surface area (Å²) < 4.78 is 33.3. The number of carbonyl (C=O) groups excluding carboxylic acids is 1. The van der Waals surface area contributed by atoms with Crippen LogP contribution in [0.15, 0.2) is 35.7 Å². The molecule has 2 N–H and O–H groups in total. The lowest BCUT2D eigenvalue weighted by Crippen LogP contribution is -2.36. The molecule has 0 aromatic heterocycles. The van der Waals surface area contributed by atoms with Gasteiger partial charge in [0.1, 0.15) is 10.6 Å². The summed E-state index contributed by atoms with van der Waals surface area (Å²) >= 11 is 0. The standard InChI is InChI=1S/C17H22N4O4S/c1-3-4-5-17(22)19-13-6-7-15(25-2)16(10-13)26(23,24)20-14-8-9-21(11-14)12-18/h3,6-7,10,14,20H,1,4-5,8-9,11H2,2H3,(H,19,22)/t14-/m1/s1. The van der Waals surface area contributed by atoms with Gasteiger partial charge in [-0.3, -0.25) is 4.79 Å². The number of methoxy groups -OCH3 is 1. The Bertz CT molecular complexity index is 817. The van der Waals surface area contributed by atoms with E-state index < -0.39 is 10.0 Å². The normalized spacial score (nSPS) is 16.8. The lowest BCUT2D eigenvalue weighted by atomic mass is 10.2. The fourth-order valence-corrected chi connectivity index (χ4v) is 4.11. The zero-order valence-corrected chi connectivity index (χ0v) is 15.4. The predicted molar refractivity (Wildman–Crippen MR) is 97.0 cm³/mol. The molecule has 0 spiro atoms. The molecule has 1 heterocycles. The van der Waals surface area contributed by atoms with Gasteiger partial charge < -0.3 is 15.0 Å². The van der Waals surface area contributed by atoms with Crippen LogP contribution in [0.25, 0.3) is 0 Å². The molecule has 1 aromatic rings. The maximum absolute atomic E-state index is 12.8. The highest BCUT2D eigenvalue weighted by Gasteiger charge is 2.28. The summed E-state index contributed by atoms with van der Waals surface area (Å²) in [6.07, 6.45) is 5.00. The molecule has 0 aliphatic carbocycles. The molecule has 0 bridgehead atoms. The van der Waals surface area contributed by atoms with Gasteiger partial charge in [0.05, 0.1) is 7.11 Å². The first-order valence-corrected chi connectivity index (χ1v) is 9.63. The molecule has 26 heavy (non-hydrogen) atoms. The van der Waals surface area contributed by atoms with E-state index in [1.165, 1.54) is 24.1 Å². The molecule has 1 amide bonds. The van der Waals surface area contributed by atoms with Crippen molar-refractivity contribution in [1.29, 1.82) is 5.26 Å². The van der Waals surface area contributed by atoms with Crippen molar-refractivity contribution in [2.24, 2.45) is 0 Å². The Labute approximate surface area is 153 Å². The Morgan fingerprint density at radius 2 is 2.31 bits per heavy atom. The lowest BCUT2D eigenvalue weighted by Gasteiger charge is -2.16. The first-order valence-electron chi connectivity index (χ1n) is 8.15. The van der Waals surface area contributed by atoms with Gasteiger partial charge in [0.2, 0.25) is 15.9 Å². The largest absolute Gasteiger partial charge is 0.495 e. The maximum atomic E-state index is 12.8. The topological polar surface area (TPSA) is 112 Å². The van der Waals surface area contributed by atoms with Crippen LogP contribution >= 0.6 is 0 Å². The average Bonchev–Trinajstić information content (AvgIpc) is 3.06. The molecule has 1 aliphatic heterocycles. The molecular formula is C17H22N4O4S. The van der Waals surface area contributed by atoms with Gasteiger partial charge in [-0.15, -0.1) is 6.58 Å². The van der Waals surface area contributed by atoms with E-state index in [4.69, 9.17) is 10.00 Å². The molecule has 8 nitrogen and oxygen atoms in total. The molecule has 0 saturated carbocycles. The number of carbonyl (C=O) groups is 1. The Balaban J connectivity index is 2.20. The zero-order valence-electron chi connectivity index (χ0n) is 14.6. The van der Waals surface area contributed by atoms with Crippen LogP contribution in [0.5, 0.6) is 5.75 Å². The fourth-order valence-electron chi connectivity index (χ4n) is 2.65. The summed E-state index contributed by atoms with van der Waals surface area (Å²) in [6.45, 7) is 4.40. The van der Waals surface area contributed by atoms with Crippen molar-refractivity contribution in [3.63, 3.8) is 0 Å². The van der Waals surface area contributed by atoms with Crippen molar-refractivity contribution in [1.82, 2.24) is 9.62 Å². The third-order valence-corrected chi connectivity index (χ3v) is 5.51. The van der Waals surface area contributed by atoms with Crippen LogP contribution in [-0.2, 0) is 14.8 Å². The smallest absolute Gasteiger partial charge is 0.244 e. The van der Waals surface area contributed by atoms with Crippen LogP contribution in [0.4, 0.5) is 5.69 Å². The van der Waals surface area contributed by atoms with Crippen LogP contribution in [0.1, 0.15) is 19.3 Å². The van der Waals surface area contributed by atoms with Gasteiger partial charge in [0.15, 0.2) is 6.19 Å².